The molecule has 0 aliphatic rings. The van der Waals surface area contributed by atoms with Gasteiger partial charge in [-0.2, -0.15) is 15.0 Å². The molecule has 3 N–H and O–H groups in total. The summed E-state index contributed by atoms with van der Waals surface area (Å²) >= 11 is 0. The highest BCUT2D eigenvalue weighted by atomic mass is 16.5. The van der Waals surface area contributed by atoms with Crippen molar-refractivity contribution in [2.24, 2.45) is 0 Å². The summed E-state index contributed by atoms with van der Waals surface area (Å²) in [5.74, 6) is 2.56. The Morgan fingerprint density at radius 3 is 2.52 bits per heavy atom. The van der Waals surface area contributed by atoms with E-state index in [1.165, 1.54) is 0 Å². The van der Waals surface area contributed by atoms with Crippen molar-refractivity contribution in [1.29, 1.82) is 0 Å². The van der Waals surface area contributed by atoms with Crippen molar-refractivity contribution in [3.8, 4) is 11.7 Å². The van der Waals surface area contributed by atoms with Gasteiger partial charge in [0.15, 0.2) is 0 Å². The predicted molar refractivity (Wildman–Crippen MR) is 105 cm³/mol. The van der Waals surface area contributed by atoms with Crippen molar-refractivity contribution < 1.29 is 4.74 Å². The first kappa shape index (κ1) is 16.8. The average molecular weight is 361 g/mol. The fourth-order valence-corrected chi connectivity index (χ4v) is 2.88. The first-order chi connectivity index (χ1) is 13.2. The number of hydrogen-bond donors (Lipinski definition) is 2. The number of nitrogens with two attached hydrogens (primary N) is 1. The summed E-state index contributed by atoms with van der Waals surface area (Å²) in [6.07, 6.45) is 0.738. The fraction of sp³-hybridized carbons (Fsp3) is 0.158. The van der Waals surface area contributed by atoms with Crippen molar-refractivity contribution in [3.63, 3.8) is 0 Å². The third-order valence-electron chi connectivity index (χ3n) is 4.13. The second-order valence-electron chi connectivity index (χ2n) is 5.88. The van der Waals surface area contributed by atoms with E-state index < -0.39 is 0 Å². The molecule has 0 aliphatic carbocycles. The quantitative estimate of drug-likeness (QED) is 0.563. The first-order valence-corrected chi connectivity index (χ1v) is 8.57. The number of aryl methyl sites for hydroxylation is 1. The largest absolute Gasteiger partial charge is 0.497 e. The molecule has 8 nitrogen and oxygen atoms in total. The van der Waals surface area contributed by atoms with Crippen LogP contribution in [-0.2, 0) is 6.42 Å². The molecule has 0 unspecified atom stereocenters. The molecular formula is C19H19N7O. The maximum atomic E-state index is 5.94. The van der Waals surface area contributed by atoms with Gasteiger partial charge in [0.1, 0.15) is 11.6 Å². The van der Waals surface area contributed by atoms with Crippen LogP contribution in [0.15, 0.2) is 48.5 Å². The molecule has 2 heterocycles. The van der Waals surface area contributed by atoms with Gasteiger partial charge in [0, 0.05) is 12.1 Å². The standard InChI is InChI=1S/C19H19N7O/c1-3-16-22-14-6-4-5-7-15(14)26(16)19-24-17(20)23-18(25-19)21-12-8-10-13(27-2)11-9-12/h4-11H,3H2,1-2H3,(H3,20,21,23,24,25). The maximum absolute atomic E-state index is 5.94. The second kappa shape index (κ2) is 6.91. The molecular weight excluding hydrogens is 342 g/mol. The zero-order chi connectivity index (χ0) is 18.8. The Balaban J connectivity index is 1.76. The van der Waals surface area contributed by atoms with Crippen LogP contribution in [0.3, 0.4) is 0 Å². The number of nitrogens with one attached hydrogen (secondary N) is 1. The molecule has 0 fully saturated rings. The maximum Gasteiger partial charge on any atom is 0.242 e. The molecule has 27 heavy (non-hydrogen) atoms. The lowest BCUT2D eigenvalue weighted by Gasteiger charge is -2.10. The van der Waals surface area contributed by atoms with Crippen LogP contribution in [0.2, 0.25) is 0 Å². The number of nitrogen functional groups attached to an aromatic ring is 1. The Labute approximate surface area is 156 Å². The van der Waals surface area contributed by atoms with E-state index in [-0.39, 0.29) is 5.95 Å². The summed E-state index contributed by atoms with van der Waals surface area (Å²) in [5.41, 5.74) is 8.58. The minimum Gasteiger partial charge on any atom is -0.497 e. The van der Waals surface area contributed by atoms with Gasteiger partial charge < -0.3 is 15.8 Å². The number of hydrogen-bond acceptors (Lipinski definition) is 7. The Kier molecular flexibility index (Phi) is 4.29. The average Bonchev–Trinajstić information content (AvgIpc) is 3.07. The lowest BCUT2D eigenvalue weighted by atomic mass is 10.3. The molecule has 0 aliphatic heterocycles. The molecule has 0 saturated heterocycles. The molecule has 2 aromatic carbocycles. The van der Waals surface area contributed by atoms with Gasteiger partial charge in [0.05, 0.1) is 18.1 Å². The number of rotatable bonds is 5. The van der Waals surface area contributed by atoms with E-state index in [4.69, 9.17) is 10.5 Å². The lowest BCUT2D eigenvalue weighted by molar-refractivity contribution is 0.415. The van der Waals surface area contributed by atoms with Gasteiger partial charge >= 0.3 is 0 Å². The number of imidazole rings is 1. The Morgan fingerprint density at radius 2 is 1.78 bits per heavy atom. The summed E-state index contributed by atoms with van der Waals surface area (Å²) in [4.78, 5) is 17.7. The number of nitrogens with zero attached hydrogens (tertiary/aromatic N) is 5. The van der Waals surface area contributed by atoms with Crippen molar-refractivity contribution in [2.75, 3.05) is 18.2 Å². The molecule has 0 amide bonds. The van der Waals surface area contributed by atoms with E-state index in [0.29, 0.717) is 11.9 Å². The van der Waals surface area contributed by atoms with Crippen LogP contribution in [0, 0.1) is 0 Å². The fourth-order valence-electron chi connectivity index (χ4n) is 2.88. The second-order valence-corrected chi connectivity index (χ2v) is 5.88. The van der Waals surface area contributed by atoms with E-state index in [9.17, 15) is 0 Å². The molecule has 8 heteroatoms. The molecule has 4 aromatic rings. The molecule has 0 radical (unpaired) electrons. The zero-order valence-corrected chi connectivity index (χ0v) is 15.0. The van der Waals surface area contributed by atoms with Crippen LogP contribution >= 0.6 is 0 Å². The highest BCUT2D eigenvalue weighted by molar-refractivity contribution is 5.77. The van der Waals surface area contributed by atoms with Crippen molar-refractivity contribution in [2.45, 2.75) is 13.3 Å². The number of fused-ring (bicyclic) bond motifs is 1. The Morgan fingerprint density at radius 1 is 1.00 bits per heavy atom. The van der Waals surface area contributed by atoms with E-state index in [1.54, 1.807) is 7.11 Å². The van der Waals surface area contributed by atoms with Crippen LogP contribution in [0.5, 0.6) is 5.75 Å². The molecule has 0 bridgehead atoms. The third kappa shape index (κ3) is 3.24. The van der Waals surface area contributed by atoms with Crippen LogP contribution in [-0.4, -0.2) is 31.6 Å². The van der Waals surface area contributed by atoms with Gasteiger partial charge in [-0.1, -0.05) is 19.1 Å². The van der Waals surface area contributed by atoms with Crippen LogP contribution in [0.25, 0.3) is 17.0 Å². The van der Waals surface area contributed by atoms with Crippen molar-refractivity contribution in [1.82, 2.24) is 24.5 Å². The molecule has 0 spiro atoms. The summed E-state index contributed by atoms with van der Waals surface area (Å²) in [6, 6.07) is 15.3. The SMILES string of the molecule is CCc1nc2ccccc2n1-c1nc(N)nc(Nc2ccc(OC)cc2)n1. The lowest BCUT2D eigenvalue weighted by Crippen LogP contribution is -2.11. The number of benzene rings is 2. The predicted octanol–water partition coefficient (Wildman–Crippen LogP) is 3.11. The number of methoxy groups -OCH3 is 1. The smallest absolute Gasteiger partial charge is 0.242 e. The number of aromatic nitrogens is 5. The summed E-state index contributed by atoms with van der Waals surface area (Å²) in [5, 5.41) is 3.15. The summed E-state index contributed by atoms with van der Waals surface area (Å²) in [7, 11) is 1.63. The van der Waals surface area contributed by atoms with E-state index in [1.807, 2.05) is 60.0 Å². The Hall–Kier alpha value is -3.68. The van der Waals surface area contributed by atoms with Gasteiger partial charge in [-0.05, 0) is 36.4 Å². The van der Waals surface area contributed by atoms with E-state index in [2.05, 4.69) is 25.3 Å². The zero-order valence-electron chi connectivity index (χ0n) is 15.0. The molecule has 0 atom stereocenters. The summed E-state index contributed by atoms with van der Waals surface area (Å²) < 4.78 is 7.08. The normalized spacial score (nSPS) is 10.9. The highest BCUT2D eigenvalue weighted by Crippen LogP contribution is 2.22. The van der Waals surface area contributed by atoms with E-state index >= 15 is 0 Å². The minimum atomic E-state index is 0.135. The number of ether oxygens (including phenoxy) is 1. The van der Waals surface area contributed by atoms with Gasteiger partial charge in [-0.3, -0.25) is 4.57 Å². The molecule has 136 valence electrons. The molecule has 4 rings (SSSR count). The molecule has 0 saturated carbocycles. The third-order valence-corrected chi connectivity index (χ3v) is 4.13. The van der Waals surface area contributed by atoms with Gasteiger partial charge in [-0.15, -0.1) is 0 Å². The number of anilines is 3. The number of para-hydroxylation sites is 2. The van der Waals surface area contributed by atoms with Gasteiger partial charge in [0.2, 0.25) is 17.8 Å². The van der Waals surface area contributed by atoms with Crippen LogP contribution in [0.1, 0.15) is 12.7 Å². The highest BCUT2D eigenvalue weighted by Gasteiger charge is 2.15. The van der Waals surface area contributed by atoms with Crippen LogP contribution < -0.4 is 15.8 Å². The minimum absolute atomic E-state index is 0.135. The topological polar surface area (TPSA) is 104 Å². The van der Waals surface area contributed by atoms with Gasteiger partial charge in [-0.25, -0.2) is 4.98 Å². The first-order valence-electron chi connectivity index (χ1n) is 8.57. The van der Waals surface area contributed by atoms with Crippen molar-refractivity contribution in [3.05, 3.63) is 54.4 Å². The van der Waals surface area contributed by atoms with Crippen LogP contribution in [0.4, 0.5) is 17.6 Å². The van der Waals surface area contributed by atoms with Crippen molar-refractivity contribution >= 4 is 28.6 Å². The summed E-state index contributed by atoms with van der Waals surface area (Å²) in [6.45, 7) is 2.04. The molecule has 2 aromatic heterocycles. The Bertz CT molecular complexity index is 1090. The monoisotopic (exact) mass is 361 g/mol. The van der Waals surface area contributed by atoms with E-state index in [0.717, 1.165) is 34.7 Å². The van der Waals surface area contributed by atoms with Gasteiger partial charge in [0.25, 0.3) is 0 Å².